The lowest BCUT2D eigenvalue weighted by atomic mass is 9.94. The van der Waals surface area contributed by atoms with E-state index in [1.165, 1.54) is 17.2 Å². The molecule has 1 aromatic heterocycles. The Morgan fingerprint density at radius 3 is 2.42 bits per heavy atom. The predicted octanol–water partition coefficient (Wildman–Crippen LogP) is 4.68. The van der Waals surface area contributed by atoms with Gasteiger partial charge in [0.2, 0.25) is 5.91 Å². The van der Waals surface area contributed by atoms with Crippen LogP contribution in [0.25, 0.3) is 0 Å². The van der Waals surface area contributed by atoms with Crippen molar-refractivity contribution in [2.24, 2.45) is 0 Å². The molecule has 0 aliphatic carbocycles. The Morgan fingerprint density at radius 1 is 1.08 bits per heavy atom. The molecule has 0 fully saturated rings. The summed E-state index contributed by atoms with van der Waals surface area (Å²) in [5.74, 6) is -1.82. The zero-order valence-electron chi connectivity index (χ0n) is 20.5. The number of nitrogens with zero attached hydrogens (tertiary/aromatic N) is 3. The minimum atomic E-state index is -0.741. The summed E-state index contributed by atoms with van der Waals surface area (Å²) in [6, 6.07) is 9.68. The summed E-state index contributed by atoms with van der Waals surface area (Å²) in [5.41, 5.74) is 3.99. The fourth-order valence-electron chi connectivity index (χ4n) is 4.44. The summed E-state index contributed by atoms with van der Waals surface area (Å²) < 4.78 is 27.9. The molecule has 1 aliphatic rings. The number of aryl methyl sites for hydroxylation is 3. The molecular weight excluding hydrogens is 462 g/mol. The van der Waals surface area contributed by atoms with Crippen molar-refractivity contribution in [1.82, 2.24) is 20.2 Å². The van der Waals surface area contributed by atoms with Crippen LogP contribution in [0.5, 0.6) is 0 Å². The van der Waals surface area contributed by atoms with Crippen LogP contribution in [0, 0.1) is 32.4 Å². The molecular formula is C28H28F2N4O2. The van der Waals surface area contributed by atoms with Crippen molar-refractivity contribution in [1.29, 1.82) is 0 Å². The van der Waals surface area contributed by atoms with E-state index in [9.17, 15) is 18.4 Å². The van der Waals surface area contributed by atoms with Crippen LogP contribution in [0.2, 0.25) is 0 Å². The average molecular weight is 491 g/mol. The van der Waals surface area contributed by atoms with Gasteiger partial charge in [0.05, 0.1) is 17.7 Å². The summed E-state index contributed by atoms with van der Waals surface area (Å²) in [6.45, 7) is 6.50. The summed E-state index contributed by atoms with van der Waals surface area (Å²) >= 11 is 0. The molecule has 186 valence electrons. The number of hydrogen-bond acceptors (Lipinski definition) is 4. The van der Waals surface area contributed by atoms with Gasteiger partial charge in [0.1, 0.15) is 17.5 Å². The third-order valence-electron chi connectivity index (χ3n) is 6.16. The van der Waals surface area contributed by atoms with E-state index in [-0.39, 0.29) is 23.8 Å². The minimum Gasteiger partial charge on any atom is -0.348 e. The number of amides is 2. The maximum Gasteiger partial charge on any atom is 0.254 e. The van der Waals surface area contributed by atoms with Gasteiger partial charge in [0.15, 0.2) is 0 Å². The van der Waals surface area contributed by atoms with Crippen LogP contribution in [0.15, 0.2) is 54.9 Å². The number of halogens is 2. The van der Waals surface area contributed by atoms with Gasteiger partial charge >= 0.3 is 0 Å². The Labute approximate surface area is 209 Å². The molecule has 0 bridgehead atoms. The highest BCUT2D eigenvalue weighted by Crippen LogP contribution is 2.27. The first-order chi connectivity index (χ1) is 17.2. The molecule has 0 saturated heterocycles. The van der Waals surface area contributed by atoms with E-state index in [2.05, 4.69) is 21.4 Å². The maximum atomic E-state index is 13.9. The highest BCUT2D eigenvalue weighted by Gasteiger charge is 2.26. The van der Waals surface area contributed by atoms with Crippen LogP contribution < -0.4 is 5.32 Å². The standard InChI is InChI=1S/C28H28F2N4O2/c1-17-11-18(2)13-20(12-17)15-32-28(36)23-16-31-19(3)33-27(23)21-7-9-34(10-8-21)26(35)14-22-24(29)5-4-6-25(22)30/h4-7,9,11-13,16,21H,8,10,14-15H2,1-3H3,(H,32,36). The Kier molecular flexibility index (Phi) is 7.52. The van der Waals surface area contributed by atoms with E-state index in [1.807, 2.05) is 26.0 Å². The molecule has 1 N–H and O–H groups in total. The second-order valence-corrected chi connectivity index (χ2v) is 9.10. The summed E-state index contributed by atoms with van der Waals surface area (Å²) in [6.07, 6.45) is 5.06. The van der Waals surface area contributed by atoms with E-state index < -0.39 is 17.5 Å². The number of allylic oxidation sites excluding steroid dienone is 1. The molecule has 2 aromatic carbocycles. The Bertz CT molecular complexity index is 1300. The fourth-order valence-corrected chi connectivity index (χ4v) is 4.44. The lowest BCUT2D eigenvalue weighted by Gasteiger charge is -2.27. The van der Waals surface area contributed by atoms with Crippen molar-refractivity contribution in [3.05, 3.63) is 106 Å². The topological polar surface area (TPSA) is 75.2 Å². The zero-order chi connectivity index (χ0) is 25.8. The number of benzene rings is 2. The second-order valence-electron chi connectivity index (χ2n) is 9.10. The van der Waals surface area contributed by atoms with Crippen molar-refractivity contribution in [3.8, 4) is 0 Å². The molecule has 0 saturated carbocycles. The Balaban J connectivity index is 1.47. The summed E-state index contributed by atoms with van der Waals surface area (Å²) in [7, 11) is 0. The van der Waals surface area contributed by atoms with Gasteiger partial charge in [-0.2, -0.15) is 0 Å². The quantitative estimate of drug-likeness (QED) is 0.544. The smallest absolute Gasteiger partial charge is 0.254 e. The maximum absolute atomic E-state index is 13.9. The molecule has 1 unspecified atom stereocenters. The lowest BCUT2D eigenvalue weighted by molar-refractivity contribution is -0.128. The molecule has 8 heteroatoms. The summed E-state index contributed by atoms with van der Waals surface area (Å²) in [5, 5.41) is 2.95. The monoisotopic (exact) mass is 490 g/mol. The van der Waals surface area contributed by atoms with E-state index in [0.29, 0.717) is 36.6 Å². The van der Waals surface area contributed by atoms with Gasteiger partial charge in [-0.1, -0.05) is 41.5 Å². The fraction of sp³-hybridized carbons (Fsp3) is 0.286. The number of rotatable bonds is 6. The largest absolute Gasteiger partial charge is 0.348 e. The molecule has 4 rings (SSSR count). The highest BCUT2D eigenvalue weighted by atomic mass is 19.1. The molecule has 6 nitrogen and oxygen atoms in total. The van der Waals surface area contributed by atoms with E-state index in [0.717, 1.165) is 28.8 Å². The molecule has 36 heavy (non-hydrogen) atoms. The number of aromatic nitrogens is 2. The van der Waals surface area contributed by atoms with Crippen LogP contribution in [0.1, 0.15) is 56.5 Å². The minimum absolute atomic E-state index is 0.206. The first-order valence-electron chi connectivity index (χ1n) is 11.8. The van der Waals surface area contributed by atoms with Crippen molar-refractivity contribution in [2.45, 2.75) is 46.1 Å². The zero-order valence-corrected chi connectivity index (χ0v) is 20.5. The molecule has 2 heterocycles. The first kappa shape index (κ1) is 25.2. The van der Waals surface area contributed by atoms with Gasteiger partial charge in [-0.25, -0.2) is 18.7 Å². The van der Waals surface area contributed by atoms with Crippen molar-refractivity contribution in [3.63, 3.8) is 0 Å². The molecule has 2 amide bonds. The van der Waals surface area contributed by atoms with Gasteiger partial charge in [0, 0.05) is 37.0 Å². The lowest BCUT2D eigenvalue weighted by Crippen LogP contribution is -2.33. The van der Waals surface area contributed by atoms with Crippen LogP contribution >= 0.6 is 0 Å². The van der Waals surface area contributed by atoms with Gasteiger partial charge in [-0.05, 0) is 44.9 Å². The first-order valence-corrected chi connectivity index (χ1v) is 11.8. The van der Waals surface area contributed by atoms with Crippen LogP contribution in [0.3, 0.4) is 0 Å². The summed E-state index contributed by atoms with van der Waals surface area (Å²) in [4.78, 5) is 35.9. The third kappa shape index (κ3) is 5.82. The number of hydrogen-bond donors (Lipinski definition) is 1. The van der Waals surface area contributed by atoms with Crippen LogP contribution in [0.4, 0.5) is 8.78 Å². The van der Waals surface area contributed by atoms with Gasteiger partial charge in [0.25, 0.3) is 5.91 Å². The number of carbonyl (C=O) groups excluding carboxylic acids is 2. The van der Waals surface area contributed by atoms with Crippen molar-refractivity contribution < 1.29 is 18.4 Å². The predicted molar refractivity (Wildman–Crippen MR) is 132 cm³/mol. The molecule has 3 aromatic rings. The van der Waals surface area contributed by atoms with Gasteiger partial charge in [-0.3, -0.25) is 9.59 Å². The van der Waals surface area contributed by atoms with Crippen LogP contribution in [-0.4, -0.2) is 33.2 Å². The molecule has 1 aliphatic heterocycles. The van der Waals surface area contributed by atoms with E-state index in [1.54, 1.807) is 19.2 Å². The second kappa shape index (κ2) is 10.8. The molecule has 0 radical (unpaired) electrons. The van der Waals surface area contributed by atoms with Gasteiger partial charge in [-0.15, -0.1) is 0 Å². The third-order valence-corrected chi connectivity index (χ3v) is 6.16. The number of nitrogens with one attached hydrogen (secondary N) is 1. The van der Waals surface area contributed by atoms with Gasteiger partial charge < -0.3 is 10.2 Å². The molecule has 0 spiro atoms. The van der Waals surface area contributed by atoms with Crippen LogP contribution in [-0.2, 0) is 17.8 Å². The van der Waals surface area contributed by atoms with E-state index in [4.69, 9.17) is 0 Å². The van der Waals surface area contributed by atoms with Crippen molar-refractivity contribution >= 4 is 11.8 Å². The average Bonchev–Trinajstić information content (AvgIpc) is 2.84. The Morgan fingerprint density at radius 2 is 1.78 bits per heavy atom. The number of carbonyl (C=O) groups is 2. The SMILES string of the molecule is Cc1cc(C)cc(CNC(=O)c2cnc(C)nc2C2C=CN(C(=O)Cc3c(F)cccc3F)CC2)c1. The molecule has 1 atom stereocenters. The van der Waals surface area contributed by atoms with Crippen molar-refractivity contribution in [2.75, 3.05) is 6.54 Å². The normalized spacial score (nSPS) is 15.1. The van der Waals surface area contributed by atoms with E-state index >= 15 is 0 Å². The highest BCUT2D eigenvalue weighted by molar-refractivity contribution is 5.95. The Hall–Kier alpha value is -3.94.